The molecule has 104 valence electrons. The maximum atomic E-state index is 12.1. The van der Waals surface area contributed by atoms with Crippen LogP contribution in [0.15, 0.2) is 53.4 Å². The molecule has 0 radical (unpaired) electrons. The van der Waals surface area contributed by atoms with E-state index in [-0.39, 0.29) is 5.69 Å². The van der Waals surface area contributed by atoms with E-state index in [0.29, 0.717) is 0 Å². The molecule has 0 amide bonds. The van der Waals surface area contributed by atoms with Gasteiger partial charge in [0.2, 0.25) is 0 Å². The minimum absolute atomic E-state index is 0.230. The highest BCUT2D eigenvalue weighted by atomic mass is 32.2. The second kappa shape index (κ2) is 5.30. The van der Waals surface area contributed by atoms with E-state index in [1.54, 1.807) is 24.3 Å². The van der Waals surface area contributed by atoms with E-state index >= 15 is 0 Å². The smallest absolute Gasteiger partial charge is 0.286 e. The molecule has 0 bridgehead atoms. The summed E-state index contributed by atoms with van der Waals surface area (Å²) in [7, 11) is -4.12. The first-order valence-electron chi connectivity index (χ1n) is 5.68. The van der Waals surface area contributed by atoms with Gasteiger partial charge in [0.1, 0.15) is 14.9 Å². The Bertz CT molecular complexity index is 739. The SMILES string of the molecule is Cc1ccc([N-]S(=O)(=O)c2ccccc2[N+](=O)[O-])cc1. The number of rotatable bonds is 4. The Morgan fingerprint density at radius 1 is 1.05 bits per heavy atom. The molecule has 2 rings (SSSR count). The average molecular weight is 291 g/mol. The average Bonchev–Trinajstić information content (AvgIpc) is 2.41. The zero-order valence-corrected chi connectivity index (χ0v) is 11.4. The topological polar surface area (TPSA) is 91.4 Å². The zero-order valence-electron chi connectivity index (χ0n) is 10.6. The summed E-state index contributed by atoms with van der Waals surface area (Å²) in [5, 5.41) is 10.9. The lowest BCUT2D eigenvalue weighted by molar-refractivity contribution is -0.387. The van der Waals surface area contributed by atoms with Gasteiger partial charge in [0.15, 0.2) is 0 Å². The summed E-state index contributed by atoms with van der Waals surface area (Å²) < 4.78 is 27.9. The van der Waals surface area contributed by atoms with Gasteiger partial charge >= 0.3 is 0 Å². The van der Waals surface area contributed by atoms with Gasteiger partial charge in [-0.2, -0.15) is 0 Å². The quantitative estimate of drug-likeness (QED) is 0.638. The number of sulfonamides is 1. The molecule has 0 N–H and O–H groups in total. The Morgan fingerprint density at radius 3 is 2.25 bits per heavy atom. The lowest BCUT2D eigenvalue weighted by atomic mass is 10.2. The number of nitro benzene ring substituents is 1. The molecule has 0 aliphatic rings. The number of para-hydroxylation sites is 1. The van der Waals surface area contributed by atoms with Crippen LogP contribution in [0.2, 0.25) is 0 Å². The molecule has 0 aliphatic carbocycles. The Hall–Kier alpha value is -2.41. The molecular formula is C13H11N2O4S-. The van der Waals surface area contributed by atoms with Crippen molar-refractivity contribution in [1.82, 2.24) is 0 Å². The standard InChI is InChI=1S/C13H11N2O4S/c1-10-6-8-11(9-7-10)14-20(18,19)13-5-3-2-4-12(13)15(16)17/h2-9H,1H3/q-1. The third-order valence-electron chi connectivity index (χ3n) is 2.60. The molecule has 0 spiro atoms. The summed E-state index contributed by atoms with van der Waals surface area (Å²) in [5.74, 6) is 0. The first kappa shape index (κ1) is 14.0. The van der Waals surface area contributed by atoms with E-state index < -0.39 is 25.5 Å². The highest BCUT2D eigenvalue weighted by Gasteiger charge is 2.19. The number of hydrogen-bond donors (Lipinski definition) is 0. The summed E-state index contributed by atoms with van der Waals surface area (Å²) in [5.41, 5.74) is 0.712. The van der Waals surface area contributed by atoms with Crippen LogP contribution in [0.3, 0.4) is 0 Å². The van der Waals surface area contributed by atoms with Gasteiger partial charge in [0.25, 0.3) is 5.69 Å². The molecule has 0 saturated carbocycles. The summed E-state index contributed by atoms with van der Waals surface area (Å²) in [4.78, 5) is 9.71. The summed E-state index contributed by atoms with van der Waals surface area (Å²) >= 11 is 0. The fraction of sp³-hybridized carbons (Fsp3) is 0.0769. The van der Waals surface area contributed by atoms with Crippen LogP contribution in [-0.2, 0) is 10.0 Å². The Labute approximate surface area is 116 Å². The maximum absolute atomic E-state index is 12.1. The third kappa shape index (κ3) is 2.94. The predicted molar refractivity (Wildman–Crippen MR) is 74.5 cm³/mol. The summed E-state index contributed by atoms with van der Waals surface area (Å²) in [6.45, 7) is 1.86. The molecule has 0 saturated heterocycles. The van der Waals surface area contributed by atoms with Crippen molar-refractivity contribution in [3.63, 3.8) is 0 Å². The van der Waals surface area contributed by atoms with Crippen LogP contribution in [-0.4, -0.2) is 13.3 Å². The van der Waals surface area contributed by atoms with Crippen LogP contribution in [0.1, 0.15) is 5.56 Å². The molecule has 0 aromatic heterocycles. The first-order valence-corrected chi connectivity index (χ1v) is 7.12. The van der Waals surface area contributed by atoms with Gasteiger partial charge in [-0.3, -0.25) is 10.1 Å². The minimum atomic E-state index is -4.12. The second-order valence-electron chi connectivity index (χ2n) is 4.13. The summed E-state index contributed by atoms with van der Waals surface area (Å²) in [6, 6.07) is 11.7. The fourth-order valence-corrected chi connectivity index (χ4v) is 2.77. The fourth-order valence-electron chi connectivity index (χ4n) is 1.62. The van der Waals surface area contributed by atoms with Crippen molar-refractivity contribution in [2.45, 2.75) is 11.8 Å². The largest absolute Gasteiger partial charge is 0.572 e. The third-order valence-corrected chi connectivity index (χ3v) is 3.95. The van der Waals surface area contributed by atoms with E-state index in [1.165, 1.54) is 18.2 Å². The van der Waals surface area contributed by atoms with E-state index in [9.17, 15) is 18.5 Å². The summed E-state index contributed by atoms with van der Waals surface area (Å²) in [6.07, 6.45) is 0. The van der Waals surface area contributed by atoms with E-state index in [1.807, 2.05) is 6.92 Å². The lowest BCUT2D eigenvalue weighted by Crippen LogP contribution is -2.02. The Kier molecular flexibility index (Phi) is 3.71. The van der Waals surface area contributed by atoms with E-state index in [2.05, 4.69) is 4.72 Å². The molecule has 20 heavy (non-hydrogen) atoms. The molecular weight excluding hydrogens is 280 g/mol. The second-order valence-corrected chi connectivity index (χ2v) is 5.70. The van der Waals surface area contributed by atoms with Crippen LogP contribution in [0.5, 0.6) is 0 Å². The van der Waals surface area contributed by atoms with Crippen molar-refractivity contribution in [1.29, 1.82) is 0 Å². The van der Waals surface area contributed by atoms with Crippen LogP contribution >= 0.6 is 0 Å². The lowest BCUT2D eigenvalue weighted by Gasteiger charge is -2.21. The monoisotopic (exact) mass is 291 g/mol. The normalized spacial score (nSPS) is 11.1. The van der Waals surface area contributed by atoms with Crippen LogP contribution in [0.4, 0.5) is 11.4 Å². The van der Waals surface area contributed by atoms with Crippen LogP contribution in [0, 0.1) is 17.0 Å². The van der Waals surface area contributed by atoms with Crippen molar-refractivity contribution < 1.29 is 13.3 Å². The highest BCUT2D eigenvalue weighted by Crippen LogP contribution is 2.32. The molecule has 0 heterocycles. The van der Waals surface area contributed by atoms with Gasteiger partial charge in [-0.15, -0.1) is 5.69 Å². The number of nitro groups is 1. The molecule has 0 unspecified atom stereocenters. The van der Waals surface area contributed by atoms with Crippen molar-refractivity contribution in [3.05, 3.63) is 68.9 Å². The zero-order chi connectivity index (χ0) is 14.8. The predicted octanol–water partition coefficient (Wildman–Crippen LogP) is 3.30. The molecule has 7 heteroatoms. The Balaban J connectivity index is 2.41. The van der Waals surface area contributed by atoms with Crippen molar-refractivity contribution in [3.8, 4) is 0 Å². The maximum Gasteiger partial charge on any atom is 0.286 e. The number of hydrogen-bond acceptors (Lipinski definition) is 4. The van der Waals surface area contributed by atoms with Crippen molar-refractivity contribution in [2.24, 2.45) is 0 Å². The molecule has 0 fully saturated rings. The highest BCUT2D eigenvalue weighted by molar-refractivity contribution is 7.94. The van der Waals surface area contributed by atoms with Gasteiger partial charge in [0.05, 0.1) is 4.92 Å². The Morgan fingerprint density at radius 2 is 1.65 bits per heavy atom. The van der Waals surface area contributed by atoms with Crippen molar-refractivity contribution in [2.75, 3.05) is 0 Å². The van der Waals surface area contributed by atoms with Crippen LogP contribution in [0.25, 0.3) is 4.72 Å². The molecule has 0 atom stereocenters. The van der Waals surface area contributed by atoms with Gasteiger partial charge in [-0.1, -0.05) is 42.0 Å². The number of aryl methyl sites for hydroxylation is 1. The van der Waals surface area contributed by atoms with Crippen LogP contribution < -0.4 is 0 Å². The molecule has 6 nitrogen and oxygen atoms in total. The van der Waals surface area contributed by atoms with Crippen molar-refractivity contribution >= 4 is 21.4 Å². The number of nitrogens with zero attached hydrogens (tertiary/aromatic N) is 2. The number of benzene rings is 2. The van der Waals surface area contributed by atoms with Gasteiger partial charge < -0.3 is 4.72 Å². The van der Waals surface area contributed by atoms with Gasteiger partial charge in [-0.05, 0) is 13.0 Å². The molecule has 0 aliphatic heterocycles. The van der Waals surface area contributed by atoms with Gasteiger partial charge in [0, 0.05) is 6.07 Å². The van der Waals surface area contributed by atoms with E-state index in [0.717, 1.165) is 11.6 Å². The van der Waals surface area contributed by atoms with Gasteiger partial charge in [-0.25, -0.2) is 8.42 Å². The molecule has 2 aromatic carbocycles. The minimum Gasteiger partial charge on any atom is -0.572 e. The molecule has 2 aromatic rings. The first-order chi connectivity index (χ1) is 9.40. The van der Waals surface area contributed by atoms with E-state index in [4.69, 9.17) is 0 Å².